The minimum Gasteiger partial charge on any atom is -0.375 e. The molecule has 1 aromatic carbocycles. The number of aromatic nitrogens is 3. The summed E-state index contributed by atoms with van der Waals surface area (Å²) < 4.78 is 2.01. The lowest BCUT2D eigenvalue weighted by Gasteiger charge is -2.37. The second-order valence-corrected chi connectivity index (χ2v) is 8.75. The number of rotatable bonds is 7. The minimum atomic E-state index is 0. The maximum Gasteiger partial charge on any atom is 0.194 e. The van der Waals surface area contributed by atoms with Crippen molar-refractivity contribution in [2.75, 3.05) is 38.1 Å². The van der Waals surface area contributed by atoms with Gasteiger partial charge in [0.1, 0.15) is 12.4 Å². The zero-order valence-corrected chi connectivity index (χ0v) is 21.9. The fraction of sp³-hybridized carbons (Fsp3) is 0.609. The summed E-state index contributed by atoms with van der Waals surface area (Å²) in [6, 6.07) is 10.5. The van der Waals surface area contributed by atoms with Crippen molar-refractivity contribution >= 4 is 35.6 Å². The molecule has 1 aliphatic rings. The van der Waals surface area contributed by atoms with Crippen molar-refractivity contribution in [1.82, 2.24) is 25.0 Å². The van der Waals surface area contributed by atoms with Gasteiger partial charge in [0.05, 0.1) is 0 Å². The van der Waals surface area contributed by atoms with Gasteiger partial charge in [-0.2, -0.15) is 0 Å². The van der Waals surface area contributed by atoms with Crippen molar-refractivity contribution in [2.24, 2.45) is 23.9 Å². The molecule has 2 unspecified atom stereocenters. The Bertz CT molecular complexity index is 811. The van der Waals surface area contributed by atoms with E-state index >= 15 is 0 Å². The third-order valence-electron chi connectivity index (χ3n) is 5.87. The average molecular weight is 540 g/mol. The van der Waals surface area contributed by atoms with Crippen LogP contribution in [0.3, 0.4) is 0 Å². The molecule has 0 aliphatic carbocycles. The largest absolute Gasteiger partial charge is 0.375 e. The Balaban J connectivity index is 0.00000341. The Morgan fingerprint density at radius 2 is 1.84 bits per heavy atom. The highest BCUT2D eigenvalue weighted by Gasteiger charge is 2.24. The molecule has 2 atom stereocenters. The van der Waals surface area contributed by atoms with Crippen molar-refractivity contribution in [3.63, 3.8) is 0 Å². The number of hydrogen-bond acceptors (Lipinski definition) is 4. The first-order valence-corrected chi connectivity index (χ1v) is 11.1. The average Bonchev–Trinajstić information content (AvgIpc) is 3.05. The molecular weight excluding hydrogens is 501 g/mol. The number of guanidine groups is 1. The molecule has 2 heterocycles. The molecular formula is C23H38IN7. The third-order valence-corrected chi connectivity index (χ3v) is 5.87. The van der Waals surface area contributed by atoms with Gasteiger partial charge in [-0.1, -0.05) is 32.0 Å². The summed E-state index contributed by atoms with van der Waals surface area (Å²) in [5.41, 5.74) is 1.25. The van der Waals surface area contributed by atoms with Crippen LogP contribution in [0.2, 0.25) is 0 Å². The predicted molar refractivity (Wildman–Crippen MR) is 139 cm³/mol. The molecule has 0 spiro atoms. The Morgan fingerprint density at radius 1 is 1.16 bits per heavy atom. The number of aliphatic imine (C=N–C) groups is 1. The number of halogens is 1. The summed E-state index contributed by atoms with van der Waals surface area (Å²) in [5, 5.41) is 12.1. The van der Waals surface area contributed by atoms with Crippen LogP contribution in [0.4, 0.5) is 5.69 Å². The van der Waals surface area contributed by atoms with Gasteiger partial charge in [-0.05, 0) is 43.7 Å². The van der Waals surface area contributed by atoms with E-state index in [1.165, 1.54) is 12.1 Å². The number of likely N-dealkylation sites (tertiary alicyclic amines) is 1. The molecule has 8 heteroatoms. The first kappa shape index (κ1) is 25.4. The van der Waals surface area contributed by atoms with Gasteiger partial charge in [-0.3, -0.25) is 0 Å². The van der Waals surface area contributed by atoms with Gasteiger partial charge in [0.2, 0.25) is 0 Å². The number of nitrogens with one attached hydrogen (secondary N) is 1. The number of hydrogen-bond donors (Lipinski definition) is 1. The maximum atomic E-state index is 4.93. The molecule has 3 rings (SSSR count). The third kappa shape index (κ3) is 7.36. The van der Waals surface area contributed by atoms with Crippen molar-refractivity contribution in [1.29, 1.82) is 0 Å². The fourth-order valence-corrected chi connectivity index (χ4v) is 4.17. The SMILES string of the molecule is Cc1nnc(CN=C(NCCCN(C)c2ccccc2)N2CC(C)CC(C)C2)n1C.I. The summed E-state index contributed by atoms with van der Waals surface area (Å²) in [7, 11) is 4.15. The van der Waals surface area contributed by atoms with Gasteiger partial charge in [-0.25, -0.2) is 4.99 Å². The maximum absolute atomic E-state index is 4.93. The van der Waals surface area contributed by atoms with Crippen LogP contribution in [0.1, 0.15) is 38.3 Å². The van der Waals surface area contributed by atoms with Gasteiger partial charge in [-0.15, -0.1) is 34.2 Å². The summed E-state index contributed by atoms with van der Waals surface area (Å²) in [5.74, 6) is 4.17. The summed E-state index contributed by atoms with van der Waals surface area (Å²) in [6.07, 6.45) is 2.33. The van der Waals surface area contributed by atoms with Crippen LogP contribution < -0.4 is 10.2 Å². The second kappa shape index (κ2) is 12.3. The van der Waals surface area contributed by atoms with Crippen molar-refractivity contribution in [3.05, 3.63) is 42.0 Å². The Hall–Kier alpha value is -1.84. The van der Waals surface area contributed by atoms with Crippen LogP contribution >= 0.6 is 24.0 Å². The topological polar surface area (TPSA) is 61.6 Å². The van der Waals surface area contributed by atoms with Crippen molar-refractivity contribution in [2.45, 2.75) is 40.2 Å². The molecule has 7 nitrogen and oxygen atoms in total. The van der Waals surface area contributed by atoms with E-state index in [9.17, 15) is 0 Å². The number of anilines is 1. The van der Waals surface area contributed by atoms with E-state index in [0.29, 0.717) is 18.4 Å². The highest BCUT2D eigenvalue weighted by Crippen LogP contribution is 2.21. The van der Waals surface area contributed by atoms with Gasteiger partial charge in [0, 0.05) is 46.0 Å². The highest BCUT2D eigenvalue weighted by atomic mass is 127. The molecule has 2 aromatic rings. The molecule has 1 N–H and O–H groups in total. The van der Waals surface area contributed by atoms with Crippen LogP contribution in [0.15, 0.2) is 35.3 Å². The molecule has 1 fully saturated rings. The molecule has 0 bridgehead atoms. The van der Waals surface area contributed by atoms with E-state index in [-0.39, 0.29) is 24.0 Å². The second-order valence-electron chi connectivity index (χ2n) is 8.75. The lowest BCUT2D eigenvalue weighted by molar-refractivity contribution is 0.208. The Morgan fingerprint density at radius 3 is 2.45 bits per heavy atom. The number of para-hydroxylation sites is 1. The predicted octanol–water partition coefficient (Wildman–Crippen LogP) is 3.69. The smallest absolute Gasteiger partial charge is 0.194 e. The van der Waals surface area contributed by atoms with Gasteiger partial charge in [0.25, 0.3) is 0 Å². The molecule has 31 heavy (non-hydrogen) atoms. The van der Waals surface area contributed by atoms with E-state index in [4.69, 9.17) is 4.99 Å². The van der Waals surface area contributed by atoms with Crippen LogP contribution in [0.25, 0.3) is 0 Å². The zero-order chi connectivity index (χ0) is 21.5. The first-order chi connectivity index (χ1) is 14.4. The van der Waals surface area contributed by atoms with Crippen LogP contribution in [-0.4, -0.2) is 58.9 Å². The van der Waals surface area contributed by atoms with Gasteiger partial charge in [0.15, 0.2) is 11.8 Å². The number of aryl methyl sites for hydroxylation is 1. The standard InChI is InChI=1S/C23H37N7.HI/c1-18-14-19(2)17-30(16-18)23(25-15-22-27-26-20(3)29(22)5)24-12-9-13-28(4)21-10-7-6-8-11-21;/h6-8,10-11,18-19H,9,12-17H2,1-5H3,(H,24,25);1H. The van der Waals surface area contributed by atoms with E-state index in [1.807, 2.05) is 18.5 Å². The quantitative estimate of drug-likeness (QED) is 0.252. The van der Waals surface area contributed by atoms with Crippen LogP contribution in [0, 0.1) is 18.8 Å². The molecule has 0 amide bonds. The van der Waals surface area contributed by atoms with Crippen LogP contribution in [-0.2, 0) is 13.6 Å². The summed E-state index contributed by atoms with van der Waals surface area (Å²) in [4.78, 5) is 9.65. The monoisotopic (exact) mass is 539 g/mol. The van der Waals surface area contributed by atoms with E-state index in [1.54, 1.807) is 0 Å². The van der Waals surface area contributed by atoms with Gasteiger partial charge < -0.3 is 19.7 Å². The summed E-state index contributed by atoms with van der Waals surface area (Å²) in [6.45, 7) is 11.2. The fourth-order valence-electron chi connectivity index (χ4n) is 4.17. The Labute approximate surface area is 204 Å². The van der Waals surface area contributed by atoms with Crippen molar-refractivity contribution in [3.8, 4) is 0 Å². The summed E-state index contributed by atoms with van der Waals surface area (Å²) >= 11 is 0. The lowest BCUT2D eigenvalue weighted by atomic mass is 9.92. The first-order valence-electron chi connectivity index (χ1n) is 11.1. The van der Waals surface area contributed by atoms with E-state index in [2.05, 4.69) is 76.5 Å². The molecule has 1 aliphatic heterocycles. The molecule has 0 saturated carbocycles. The normalized spacial score (nSPS) is 19.1. The zero-order valence-electron chi connectivity index (χ0n) is 19.6. The molecule has 0 radical (unpaired) electrons. The minimum absolute atomic E-state index is 0. The van der Waals surface area contributed by atoms with Crippen molar-refractivity contribution < 1.29 is 0 Å². The number of piperidine rings is 1. The van der Waals surface area contributed by atoms with Gasteiger partial charge >= 0.3 is 0 Å². The molecule has 1 saturated heterocycles. The highest BCUT2D eigenvalue weighted by molar-refractivity contribution is 14.0. The van der Waals surface area contributed by atoms with Crippen LogP contribution in [0.5, 0.6) is 0 Å². The van der Waals surface area contributed by atoms with E-state index < -0.39 is 0 Å². The number of nitrogens with zero attached hydrogens (tertiary/aromatic N) is 6. The van der Waals surface area contributed by atoms with E-state index in [0.717, 1.165) is 50.2 Å². The molecule has 1 aromatic heterocycles. The lowest BCUT2D eigenvalue weighted by Crippen LogP contribution is -2.49. The number of benzene rings is 1. The Kier molecular flexibility index (Phi) is 10.1. The molecule has 172 valence electrons.